The molecule has 0 saturated heterocycles. The molecule has 10 atom stereocenters. The van der Waals surface area contributed by atoms with Crippen LogP contribution in [0.5, 0.6) is 0 Å². The predicted octanol–water partition coefficient (Wildman–Crippen LogP) is 6.67. The Kier molecular flexibility index (Phi) is 6.03. The van der Waals surface area contributed by atoms with Crippen molar-refractivity contribution in [2.75, 3.05) is 0 Å². The molecule has 4 nitrogen and oxygen atoms in total. The third-order valence-corrected chi connectivity index (χ3v) is 11.8. The van der Waals surface area contributed by atoms with Gasteiger partial charge >= 0.3 is 0 Å². The average molecular weight is 502 g/mol. The van der Waals surface area contributed by atoms with Crippen molar-refractivity contribution in [2.45, 2.75) is 97.2 Å². The number of hydrogen-bond donors (Lipinski definition) is 2. The fourth-order valence-corrected chi connectivity index (χ4v) is 9.80. The largest absolute Gasteiger partial charge is 0.441 e. The van der Waals surface area contributed by atoms with Gasteiger partial charge in [0.1, 0.15) is 5.52 Å². The number of benzene rings is 1. The minimum Gasteiger partial charge on any atom is -0.441 e. The fraction of sp³-hybridized carbons (Fsp3) is 0.767. The van der Waals surface area contributed by atoms with Crippen LogP contribution in [0.2, 0.25) is 0 Å². The van der Waals surface area contributed by atoms with Gasteiger partial charge in [-0.25, -0.2) is 13.8 Å². The van der Waals surface area contributed by atoms with E-state index < -0.39 is 11.6 Å². The third kappa shape index (κ3) is 3.60. The molecule has 2 N–H and O–H groups in total. The van der Waals surface area contributed by atoms with E-state index in [9.17, 15) is 19.0 Å². The second-order valence-electron chi connectivity index (χ2n) is 13.2. The lowest BCUT2D eigenvalue weighted by atomic mass is 9.43. The Morgan fingerprint density at radius 3 is 2.67 bits per heavy atom. The number of oxazole rings is 1. The summed E-state index contributed by atoms with van der Waals surface area (Å²) in [7, 11) is 0. The van der Waals surface area contributed by atoms with Gasteiger partial charge in [0.2, 0.25) is 0 Å². The fourth-order valence-electron chi connectivity index (χ4n) is 9.80. The predicted molar refractivity (Wildman–Crippen MR) is 134 cm³/mol. The van der Waals surface area contributed by atoms with Crippen LogP contribution in [0.15, 0.2) is 16.5 Å². The van der Waals surface area contributed by atoms with E-state index in [1.54, 1.807) is 0 Å². The van der Waals surface area contributed by atoms with Crippen LogP contribution in [-0.4, -0.2) is 27.4 Å². The zero-order valence-electron chi connectivity index (χ0n) is 21.9. The molecule has 0 aliphatic heterocycles. The smallest absolute Gasteiger partial charge is 0.195 e. The first-order valence-electron chi connectivity index (χ1n) is 14.2. The van der Waals surface area contributed by atoms with Crippen molar-refractivity contribution in [3.63, 3.8) is 0 Å². The summed E-state index contributed by atoms with van der Waals surface area (Å²) in [6.45, 7) is 7.09. The van der Waals surface area contributed by atoms with Crippen LogP contribution in [0, 0.1) is 58.0 Å². The molecule has 0 amide bonds. The molecule has 0 bridgehead atoms. The average Bonchev–Trinajstić information content (AvgIpc) is 3.43. The number of aromatic nitrogens is 1. The van der Waals surface area contributed by atoms with E-state index in [1.807, 2.05) is 0 Å². The highest BCUT2D eigenvalue weighted by atomic mass is 19.2. The molecule has 36 heavy (non-hydrogen) atoms. The summed E-state index contributed by atoms with van der Waals surface area (Å²) in [6.07, 6.45) is 9.56. The molecule has 2 aromatic rings. The molecule has 4 aliphatic carbocycles. The number of nitrogens with zero attached hydrogens (tertiary/aromatic N) is 1. The second-order valence-corrected chi connectivity index (χ2v) is 13.2. The van der Waals surface area contributed by atoms with Crippen molar-refractivity contribution >= 4 is 11.1 Å². The molecule has 0 spiro atoms. The van der Waals surface area contributed by atoms with Crippen molar-refractivity contribution < 1.29 is 23.4 Å². The van der Waals surface area contributed by atoms with Gasteiger partial charge in [-0.3, -0.25) is 0 Å². The lowest BCUT2D eigenvalue weighted by molar-refractivity contribution is -0.174. The Hall–Kier alpha value is -1.53. The minimum atomic E-state index is -0.947. The van der Waals surface area contributed by atoms with Gasteiger partial charge in [-0.2, -0.15) is 0 Å². The summed E-state index contributed by atoms with van der Waals surface area (Å²) in [5.41, 5.74) is 0.417. The maximum atomic E-state index is 14.1. The standard InChI is InChI=1S/C30H41F2NO3/c1-16(4-11-26-33-28-24(36-26)10-9-23(31)27(28)32)20-7-8-21-19-6-5-17-14-18(34)12-13-29(17,2)22(19)15-25(35)30(20,21)3/h9-10,16-22,25,34-35H,4-8,11-15H2,1-3H3/t16?,17-,18-,19+,20-,21+,22+,25+,29+,30-/m1/s1. The van der Waals surface area contributed by atoms with Crippen LogP contribution in [-0.2, 0) is 6.42 Å². The van der Waals surface area contributed by atoms with Gasteiger partial charge in [0.15, 0.2) is 23.1 Å². The lowest BCUT2D eigenvalue weighted by Gasteiger charge is -2.62. The molecule has 1 heterocycles. The van der Waals surface area contributed by atoms with Crippen molar-refractivity contribution in [1.82, 2.24) is 4.98 Å². The molecular formula is C30H41F2NO3. The molecule has 0 radical (unpaired) electrons. The first-order chi connectivity index (χ1) is 17.1. The number of aliphatic hydroxyl groups excluding tert-OH is 2. The summed E-state index contributed by atoms with van der Waals surface area (Å²) in [6, 6.07) is 2.52. The Balaban J connectivity index is 1.18. The van der Waals surface area contributed by atoms with Crippen molar-refractivity contribution in [2.24, 2.45) is 46.3 Å². The van der Waals surface area contributed by atoms with E-state index in [4.69, 9.17) is 4.42 Å². The number of aliphatic hydroxyl groups is 2. The first kappa shape index (κ1) is 24.8. The molecular weight excluding hydrogens is 460 g/mol. The van der Waals surface area contributed by atoms with E-state index in [0.29, 0.717) is 47.8 Å². The Morgan fingerprint density at radius 1 is 1.06 bits per heavy atom. The number of hydrogen-bond acceptors (Lipinski definition) is 4. The van der Waals surface area contributed by atoms with Gasteiger partial charge in [-0.15, -0.1) is 0 Å². The van der Waals surface area contributed by atoms with Crippen LogP contribution < -0.4 is 0 Å². The van der Waals surface area contributed by atoms with E-state index in [0.717, 1.165) is 44.6 Å². The van der Waals surface area contributed by atoms with Gasteiger partial charge in [-0.05, 0) is 116 Å². The quantitative estimate of drug-likeness (QED) is 0.491. The number of rotatable bonds is 4. The molecule has 4 saturated carbocycles. The van der Waals surface area contributed by atoms with Crippen LogP contribution in [0.1, 0.15) is 84.4 Å². The van der Waals surface area contributed by atoms with E-state index >= 15 is 0 Å². The molecule has 198 valence electrons. The van der Waals surface area contributed by atoms with Gasteiger partial charge in [-0.1, -0.05) is 20.8 Å². The lowest BCUT2D eigenvalue weighted by Crippen LogP contribution is -2.58. The number of fused-ring (bicyclic) bond motifs is 6. The minimum absolute atomic E-state index is 0.0291. The maximum Gasteiger partial charge on any atom is 0.195 e. The molecule has 1 aromatic heterocycles. The molecule has 4 aliphatic rings. The highest BCUT2D eigenvalue weighted by Gasteiger charge is 2.63. The van der Waals surface area contributed by atoms with Crippen molar-refractivity contribution in [1.29, 1.82) is 0 Å². The summed E-state index contributed by atoms with van der Waals surface area (Å²) < 4.78 is 33.4. The summed E-state index contributed by atoms with van der Waals surface area (Å²) >= 11 is 0. The molecule has 1 unspecified atom stereocenters. The monoisotopic (exact) mass is 501 g/mol. The molecule has 4 fully saturated rings. The van der Waals surface area contributed by atoms with Crippen LogP contribution in [0.25, 0.3) is 11.1 Å². The summed E-state index contributed by atoms with van der Waals surface area (Å²) in [5.74, 6) is 1.76. The molecule has 1 aromatic carbocycles. The molecule has 6 heteroatoms. The van der Waals surface area contributed by atoms with Gasteiger partial charge in [0.05, 0.1) is 12.2 Å². The highest BCUT2D eigenvalue weighted by molar-refractivity contribution is 5.73. The normalized spacial score (nSPS) is 43.1. The topological polar surface area (TPSA) is 66.5 Å². The maximum absolute atomic E-state index is 14.1. The third-order valence-electron chi connectivity index (χ3n) is 11.8. The first-order valence-corrected chi connectivity index (χ1v) is 14.2. The zero-order chi connectivity index (χ0) is 25.4. The van der Waals surface area contributed by atoms with Crippen LogP contribution in [0.3, 0.4) is 0 Å². The zero-order valence-corrected chi connectivity index (χ0v) is 21.9. The summed E-state index contributed by atoms with van der Waals surface area (Å²) in [5, 5.41) is 22.0. The van der Waals surface area contributed by atoms with Crippen molar-refractivity contribution in [3.8, 4) is 0 Å². The van der Waals surface area contributed by atoms with E-state index in [2.05, 4.69) is 25.8 Å². The summed E-state index contributed by atoms with van der Waals surface area (Å²) in [4.78, 5) is 4.24. The van der Waals surface area contributed by atoms with Gasteiger partial charge < -0.3 is 14.6 Å². The van der Waals surface area contributed by atoms with Crippen molar-refractivity contribution in [3.05, 3.63) is 29.7 Å². The molecule has 6 rings (SSSR count). The number of aryl methyl sites for hydroxylation is 1. The van der Waals surface area contributed by atoms with Gasteiger partial charge in [0, 0.05) is 6.42 Å². The Labute approximate surface area is 212 Å². The Morgan fingerprint density at radius 2 is 1.86 bits per heavy atom. The second kappa shape index (κ2) is 8.76. The van der Waals surface area contributed by atoms with E-state index in [1.165, 1.54) is 25.3 Å². The van der Waals surface area contributed by atoms with Crippen LogP contribution in [0.4, 0.5) is 8.78 Å². The SMILES string of the molecule is CC(CCc1nc2c(F)c(F)ccc2o1)[C@H]1CC[C@H]2[C@@H]3CC[C@@H]4C[C@H](O)CC[C@]4(C)[C@H]3C[C@H](O)[C@]12C. The van der Waals surface area contributed by atoms with E-state index in [-0.39, 0.29) is 34.1 Å². The van der Waals surface area contributed by atoms with Gasteiger partial charge in [0.25, 0.3) is 0 Å². The van der Waals surface area contributed by atoms with Crippen LogP contribution >= 0.6 is 0 Å². The highest BCUT2D eigenvalue weighted by Crippen LogP contribution is 2.68. The Bertz CT molecular complexity index is 1130. The number of halogens is 2.